The first-order valence-electron chi connectivity index (χ1n) is 11.6. The molecule has 2 aliphatic heterocycles. The van der Waals surface area contributed by atoms with E-state index in [1.165, 1.54) is 0 Å². The summed E-state index contributed by atoms with van der Waals surface area (Å²) in [4.78, 5) is 21.4. The van der Waals surface area contributed by atoms with Gasteiger partial charge in [0, 0.05) is 38.2 Å². The molecule has 2 heterocycles. The zero-order valence-electron chi connectivity index (χ0n) is 20.4. The minimum Gasteiger partial charge on any atom is -0.438 e. The Balaban J connectivity index is 1.52. The average molecular weight is 460 g/mol. The lowest BCUT2D eigenvalue weighted by Crippen LogP contribution is -2.51. The average Bonchev–Trinajstić information content (AvgIpc) is 2.80. The highest BCUT2D eigenvalue weighted by molar-refractivity contribution is 5.86. The number of hydrogen-bond acceptors (Lipinski definition) is 5. The van der Waals surface area contributed by atoms with E-state index in [0.717, 1.165) is 28.1 Å². The van der Waals surface area contributed by atoms with Gasteiger partial charge in [0.15, 0.2) is 0 Å². The molecule has 6 nitrogen and oxygen atoms in total. The normalized spacial score (nSPS) is 21.9. The van der Waals surface area contributed by atoms with Gasteiger partial charge >= 0.3 is 6.09 Å². The Morgan fingerprint density at radius 1 is 1.18 bits per heavy atom. The van der Waals surface area contributed by atoms with Crippen molar-refractivity contribution >= 4 is 18.0 Å². The fourth-order valence-corrected chi connectivity index (χ4v) is 4.69. The molecule has 2 aromatic carbocycles. The first-order valence-corrected chi connectivity index (χ1v) is 11.6. The molecule has 34 heavy (non-hydrogen) atoms. The van der Waals surface area contributed by atoms with Crippen molar-refractivity contribution < 1.29 is 14.6 Å². The van der Waals surface area contributed by atoms with Crippen molar-refractivity contribution in [1.82, 2.24) is 9.80 Å². The summed E-state index contributed by atoms with van der Waals surface area (Å²) in [5.41, 5.74) is 2.82. The van der Waals surface area contributed by atoms with Crippen LogP contribution in [0.2, 0.25) is 0 Å². The monoisotopic (exact) mass is 459 g/mol. The molecular formula is C28H33N3O3. The van der Waals surface area contributed by atoms with Crippen molar-refractivity contribution in [3.05, 3.63) is 89.8 Å². The molecule has 0 bridgehead atoms. The van der Waals surface area contributed by atoms with Crippen LogP contribution in [0.1, 0.15) is 56.3 Å². The topological polar surface area (TPSA) is 65.4 Å². The maximum atomic E-state index is 13.2. The van der Waals surface area contributed by atoms with Gasteiger partial charge in [0.05, 0.1) is 29.3 Å². The number of allylic oxidation sites excluding steroid dienone is 1. The summed E-state index contributed by atoms with van der Waals surface area (Å²) in [5, 5.41) is 10.6. The molecule has 1 amide bonds. The van der Waals surface area contributed by atoms with Gasteiger partial charge in [-0.15, -0.1) is 0 Å². The van der Waals surface area contributed by atoms with Crippen LogP contribution in [0.25, 0.3) is 5.70 Å². The molecule has 1 saturated heterocycles. The van der Waals surface area contributed by atoms with Crippen LogP contribution in [-0.2, 0) is 10.3 Å². The van der Waals surface area contributed by atoms with Gasteiger partial charge in [0.2, 0.25) is 0 Å². The number of aliphatic hydroxyl groups is 1. The third-order valence-corrected chi connectivity index (χ3v) is 6.57. The number of benzene rings is 2. The number of ether oxygens (including phenoxy) is 1. The van der Waals surface area contributed by atoms with E-state index >= 15 is 0 Å². The van der Waals surface area contributed by atoms with Crippen LogP contribution >= 0.6 is 0 Å². The minimum absolute atomic E-state index is 0.149. The summed E-state index contributed by atoms with van der Waals surface area (Å²) in [5.74, 6) is 0. The van der Waals surface area contributed by atoms with Crippen molar-refractivity contribution in [3.8, 4) is 0 Å². The molecule has 6 heteroatoms. The van der Waals surface area contributed by atoms with Crippen LogP contribution in [0.4, 0.5) is 4.79 Å². The summed E-state index contributed by atoms with van der Waals surface area (Å²) in [6, 6.07) is 17.7. The molecule has 0 unspecified atom stereocenters. The maximum absolute atomic E-state index is 13.2. The molecular weight excluding hydrogens is 426 g/mol. The molecule has 2 atom stereocenters. The summed E-state index contributed by atoms with van der Waals surface area (Å²) in [6.07, 6.45) is 4.28. The molecule has 4 rings (SSSR count). The number of hydrogen-bond donors (Lipinski definition) is 1. The summed E-state index contributed by atoms with van der Waals surface area (Å²) >= 11 is 0. The first kappa shape index (κ1) is 23.8. The van der Waals surface area contributed by atoms with Crippen LogP contribution in [0.5, 0.6) is 0 Å². The smallest absolute Gasteiger partial charge is 0.411 e. The lowest BCUT2D eigenvalue weighted by molar-refractivity contribution is -0.101. The van der Waals surface area contributed by atoms with Gasteiger partial charge in [-0.1, -0.05) is 61.2 Å². The molecule has 0 aliphatic carbocycles. The van der Waals surface area contributed by atoms with Gasteiger partial charge in [0.25, 0.3) is 0 Å². The molecule has 2 aromatic rings. The molecule has 0 radical (unpaired) electrons. The fourth-order valence-electron chi connectivity index (χ4n) is 4.69. The Hall–Kier alpha value is -3.38. The molecule has 178 valence electrons. The molecule has 0 spiro atoms. The Morgan fingerprint density at radius 2 is 1.85 bits per heavy atom. The van der Waals surface area contributed by atoms with Crippen molar-refractivity contribution in [1.29, 1.82) is 0 Å². The van der Waals surface area contributed by atoms with E-state index in [1.54, 1.807) is 25.0 Å². The Bertz CT molecular complexity index is 1120. The standard InChI is InChI=1S/C28H33N3O3/c1-20-17-29-25(18-30(20)5)23-13-11-22(12-14-23)21(2)31-16-15-28(34-26(31)32,19-27(3,4)33)24-9-7-6-8-10-24/h6-14,17-18,21,33H,1,15-16,19H2,2-5H3/t21-,28-/m0/s1. The minimum atomic E-state index is -0.976. The number of rotatable bonds is 6. The maximum Gasteiger partial charge on any atom is 0.411 e. The van der Waals surface area contributed by atoms with Crippen LogP contribution in [0.3, 0.4) is 0 Å². The van der Waals surface area contributed by atoms with Crippen molar-refractivity contribution in [2.75, 3.05) is 13.6 Å². The predicted octanol–water partition coefficient (Wildman–Crippen LogP) is 5.47. The third kappa shape index (κ3) is 4.92. The van der Waals surface area contributed by atoms with E-state index in [1.807, 2.05) is 79.7 Å². The highest BCUT2D eigenvalue weighted by Crippen LogP contribution is 2.42. The fraction of sp³-hybridized carbons (Fsp3) is 0.357. The van der Waals surface area contributed by atoms with Crippen molar-refractivity contribution in [3.63, 3.8) is 0 Å². The molecule has 1 N–H and O–H groups in total. The third-order valence-electron chi connectivity index (χ3n) is 6.57. The van der Waals surface area contributed by atoms with Crippen LogP contribution in [-0.4, -0.2) is 46.4 Å². The predicted molar refractivity (Wildman–Crippen MR) is 135 cm³/mol. The Kier molecular flexibility index (Phi) is 6.36. The lowest BCUT2D eigenvalue weighted by Gasteiger charge is -2.45. The largest absolute Gasteiger partial charge is 0.438 e. The number of amides is 1. The van der Waals surface area contributed by atoms with Crippen LogP contribution < -0.4 is 0 Å². The Morgan fingerprint density at radius 3 is 2.44 bits per heavy atom. The second-order valence-electron chi connectivity index (χ2n) is 9.83. The number of carbonyl (C=O) groups excluding carboxylic acids is 1. The van der Waals surface area contributed by atoms with Crippen molar-refractivity contribution in [2.45, 2.75) is 50.9 Å². The van der Waals surface area contributed by atoms with E-state index in [4.69, 9.17) is 4.74 Å². The molecule has 2 aliphatic rings. The first-order chi connectivity index (χ1) is 16.1. The number of nitrogens with zero attached hydrogens (tertiary/aromatic N) is 3. The van der Waals surface area contributed by atoms with Gasteiger partial charge in [-0.25, -0.2) is 4.79 Å². The number of cyclic esters (lactones) is 1. The summed E-state index contributed by atoms with van der Waals surface area (Å²) < 4.78 is 6.12. The van der Waals surface area contributed by atoms with Gasteiger partial charge in [-0.3, -0.25) is 4.99 Å². The summed E-state index contributed by atoms with van der Waals surface area (Å²) in [7, 11) is 1.94. The van der Waals surface area contributed by atoms with E-state index in [0.29, 0.717) is 19.4 Å². The van der Waals surface area contributed by atoms with Gasteiger partial charge in [-0.05, 0) is 31.9 Å². The summed E-state index contributed by atoms with van der Waals surface area (Å²) in [6.45, 7) is 9.99. The van der Waals surface area contributed by atoms with Gasteiger partial charge in [0.1, 0.15) is 5.60 Å². The van der Waals surface area contributed by atoms with Gasteiger partial charge < -0.3 is 19.6 Å². The molecule has 1 fully saturated rings. The molecule has 0 aromatic heterocycles. The zero-order valence-corrected chi connectivity index (χ0v) is 20.4. The quantitative estimate of drug-likeness (QED) is 0.622. The second kappa shape index (κ2) is 9.11. The van der Waals surface area contributed by atoms with E-state index in [-0.39, 0.29) is 12.1 Å². The molecule has 0 saturated carbocycles. The van der Waals surface area contributed by atoms with Crippen LogP contribution in [0.15, 0.2) is 78.1 Å². The van der Waals surface area contributed by atoms with E-state index in [9.17, 15) is 9.90 Å². The lowest BCUT2D eigenvalue weighted by atomic mass is 9.80. The van der Waals surface area contributed by atoms with E-state index < -0.39 is 11.2 Å². The second-order valence-corrected chi connectivity index (χ2v) is 9.83. The highest BCUT2D eigenvalue weighted by Gasteiger charge is 2.46. The SMILES string of the molecule is C=C1C=NC(c2ccc([C@H](C)N3CC[C@](CC(C)(C)O)(c4ccccc4)OC3=O)cc2)=CN1C. The van der Waals surface area contributed by atoms with Gasteiger partial charge in [-0.2, -0.15) is 0 Å². The number of carbonyl (C=O) groups is 1. The number of aliphatic imine (C=N–C) groups is 1. The van der Waals surface area contributed by atoms with Crippen molar-refractivity contribution in [2.24, 2.45) is 4.99 Å². The highest BCUT2D eigenvalue weighted by atomic mass is 16.6. The van der Waals surface area contributed by atoms with Crippen LogP contribution in [0, 0.1) is 0 Å². The van der Waals surface area contributed by atoms with E-state index in [2.05, 4.69) is 11.6 Å². The Labute approximate surface area is 201 Å². The zero-order chi connectivity index (χ0) is 24.5.